The monoisotopic (exact) mass is 367 g/mol. The Kier molecular flexibility index (Phi) is 5.52. The smallest absolute Gasteiger partial charge is 0.279 e. The molecule has 2 aromatic carbocycles. The lowest BCUT2D eigenvalue weighted by molar-refractivity contribution is -0.885. The van der Waals surface area contributed by atoms with Gasteiger partial charge >= 0.3 is 0 Å². The maximum atomic E-state index is 12.4. The van der Waals surface area contributed by atoms with E-state index in [9.17, 15) is 9.59 Å². The molecule has 0 aliphatic heterocycles. The molecule has 1 amide bonds. The number of nitrogens with one attached hydrogen (secondary N) is 3. The van der Waals surface area contributed by atoms with Gasteiger partial charge in [0.1, 0.15) is 12.3 Å². The molecule has 0 saturated heterocycles. The van der Waals surface area contributed by atoms with Crippen molar-refractivity contribution in [3.63, 3.8) is 0 Å². The topological polar surface area (TPSA) is 88.5 Å². The number of rotatable bonds is 6. The first-order valence-corrected chi connectivity index (χ1v) is 8.70. The fraction of sp³-hybridized carbons (Fsp3) is 0.250. The maximum Gasteiger partial charge on any atom is 0.279 e. The molecule has 0 spiro atoms. The Hall–Kier alpha value is -3.19. The number of likely N-dealkylation sites (N-methyl/N-ethyl adjacent to an activating group) is 1. The fourth-order valence-corrected chi connectivity index (χ4v) is 2.95. The van der Waals surface area contributed by atoms with Gasteiger partial charge in [0.25, 0.3) is 11.5 Å². The Bertz CT molecular complexity index is 1030. The molecule has 1 atom stereocenters. The number of methoxy groups -OCH3 is 1. The van der Waals surface area contributed by atoms with Crippen molar-refractivity contribution >= 4 is 22.5 Å². The van der Waals surface area contributed by atoms with Crippen LogP contribution in [0.3, 0.4) is 0 Å². The van der Waals surface area contributed by atoms with E-state index in [1.165, 1.54) is 0 Å². The number of benzene rings is 2. The van der Waals surface area contributed by atoms with Crippen molar-refractivity contribution in [3.8, 4) is 5.75 Å². The molecular weight excluding hydrogens is 344 g/mol. The van der Waals surface area contributed by atoms with Crippen molar-refractivity contribution in [1.82, 2.24) is 9.97 Å². The summed E-state index contributed by atoms with van der Waals surface area (Å²) in [6.07, 6.45) is 0. The van der Waals surface area contributed by atoms with Gasteiger partial charge in [-0.05, 0) is 36.8 Å². The number of quaternary nitrogens is 1. The van der Waals surface area contributed by atoms with Gasteiger partial charge < -0.3 is 19.9 Å². The summed E-state index contributed by atoms with van der Waals surface area (Å²) < 4.78 is 5.28. The predicted octanol–water partition coefficient (Wildman–Crippen LogP) is 0.894. The predicted molar refractivity (Wildman–Crippen MR) is 104 cm³/mol. The van der Waals surface area contributed by atoms with Crippen molar-refractivity contribution in [2.24, 2.45) is 0 Å². The van der Waals surface area contributed by atoms with Crippen LogP contribution in [-0.2, 0) is 11.3 Å². The molecule has 0 aliphatic carbocycles. The first-order valence-electron chi connectivity index (χ1n) is 8.70. The van der Waals surface area contributed by atoms with E-state index >= 15 is 0 Å². The van der Waals surface area contributed by atoms with E-state index in [-0.39, 0.29) is 18.0 Å². The second kappa shape index (κ2) is 8.01. The summed E-state index contributed by atoms with van der Waals surface area (Å²) in [5.74, 6) is 1.03. The summed E-state index contributed by atoms with van der Waals surface area (Å²) >= 11 is 0. The second-order valence-corrected chi connectivity index (χ2v) is 6.59. The molecule has 1 heterocycles. The lowest BCUT2D eigenvalue weighted by Crippen LogP contribution is -3.08. The van der Waals surface area contributed by atoms with E-state index in [1.54, 1.807) is 25.3 Å². The van der Waals surface area contributed by atoms with Crippen LogP contribution in [0.4, 0.5) is 5.69 Å². The average molecular weight is 367 g/mol. The summed E-state index contributed by atoms with van der Waals surface area (Å²) in [6.45, 7) is 2.61. The van der Waals surface area contributed by atoms with E-state index in [2.05, 4.69) is 15.3 Å². The van der Waals surface area contributed by atoms with Gasteiger partial charge in [0, 0.05) is 0 Å². The third-order valence-corrected chi connectivity index (χ3v) is 4.22. The third-order valence-electron chi connectivity index (χ3n) is 4.22. The third kappa shape index (κ3) is 4.51. The van der Waals surface area contributed by atoms with Crippen molar-refractivity contribution < 1.29 is 14.4 Å². The van der Waals surface area contributed by atoms with Gasteiger partial charge in [-0.15, -0.1) is 0 Å². The Balaban J connectivity index is 1.67. The molecule has 0 aliphatic rings. The van der Waals surface area contributed by atoms with E-state index < -0.39 is 0 Å². The highest BCUT2D eigenvalue weighted by atomic mass is 16.5. The van der Waals surface area contributed by atoms with Crippen LogP contribution in [-0.4, -0.2) is 36.6 Å². The minimum atomic E-state index is -0.169. The van der Waals surface area contributed by atoms with Crippen molar-refractivity contribution in [3.05, 3.63) is 64.2 Å². The number of carbonyl (C=O) groups is 1. The van der Waals surface area contributed by atoms with Crippen LogP contribution < -0.4 is 20.5 Å². The van der Waals surface area contributed by atoms with E-state index in [0.29, 0.717) is 34.7 Å². The normalized spacial score (nSPS) is 12.0. The lowest BCUT2D eigenvalue weighted by atomic mass is 10.2. The molecule has 0 saturated carbocycles. The molecule has 27 heavy (non-hydrogen) atoms. The number of para-hydroxylation sites is 1. The van der Waals surface area contributed by atoms with Crippen LogP contribution in [0, 0.1) is 6.92 Å². The molecule has 0 radical (unpaired) electrons. The molecule has 0 bridgehead atoms. The van der Waals surface area contributed by atoms with E-state index in [4.69, 9.17) is 4.74 Å². The molecule has 1 aromatic heterocycles. The minimum Gasteiger partial charge on any atom is -0.495 e. The quantitative estimate of drug-likeness (QED) is 0.604. The zero-order chi connectivity index (χ0) is 19.4. The number of aryl methyl sites for hydroxylation is 1. The Morgan fingerprint density at radius 1 is 1.26 bits per heavy atom. The highest BCUT2D eigenvalue weighted by molar-refractivity contribution is 5.93. The molecule has 1 unspecified atom stereocenters. The molecule has 0 fully saturated rings. The molecule has 3 rings (SSSR count). The average Bonchev–Trinajstić information content (AvgIpc) is 2.61. The van der Waals surface area contributed by atoms with Gasteiger partial charge in [0.15, 0.2) is 12.4 Å². The zero-order valence-corrected chi connectivity index (χ0v) is 15.6. The number of ether oxygens (including phenoxy) is 1. The zero-order valence-electron chi connectivity index (χ0n) is 15.6. The highest BCUT2D eigenvalue weighted by Gasteiger charge is 2.15. The number of anilines is 1. The molecular formula is C20H23N4O3+. The number of amides is 1. The van der Waals surface area contributed by atoms with Gasteiger partial charge in [0.05, 0.1) is 30.7 Å². The maximum absolute atomic E-state index is 12.4. The number of hydrogen-bond acceptors (Lipinski definition) is 4. The number of fused-ring (bicyclic) bond motifs is 1. The Morgan fingerprint density at radius 2 is 2.04 bits per heavy atom. The standard InChI is InChI=1S/C20H22N4O3/c1-13-8-9-17(27-3)16(10-13)22-19(25)12-24(2)11-18-21-15-7-5-4-6-14(15)20(26)23-18/h4-10H,11-12H2,1-3H3,(H,22,25)(H,21,23,26)/p+1. The van der Waals surface area contributed by atoms with Crippen molar-refractivity contribution in [2.45, 2.75) is 13.5 Å². The summed E-state index contributed by atoms with van der Waals surface area (Å²) in [7, 11) is 3.45. The van der Waals surface area contributed by atoms with Gasteiger partial charge in [-0.25, -0.2) is 4.98 Å². The van der Waals surface area contributed by atoms with Crippen LogP contribution in [0.2, 0.25) is 0 Å². The minimum absolute atomic E-state index is 0.139. The number of aromatic amines is 1. The van der Waals surface area contributed by atoms with Gasteiger partial charge in [-0.3, -0.25) is 9.59 Å². The van der Waals surface area contributed by atoms with Crippen LogP contribution in [0.5, 0.6) is 5.75 Å². The lowest BCUT2D eigenvalue weighted by Gasteiger charge is -2.15. The molecule has 3 N–H and O–H groups in total. The number of hydrogen-bond donors (Lipinski definition) is 3. The second-order valence-electron chi connectivity index (χ2n) is 6.59. The number of H-pyrrole nitrogens is 1. The summed E-state index contributed by atoms with van der Waals surface area (Å²) in [5.41, 5.74) is 2.16. The fourth-order valence-electron chi connectivity index (χ4n) is 2.95. The highest BCUT2D eigenvalue weighted by Crippen LogP contribution is 2.24. The van der Waals surface area contributed by atoms with Gasteiger partial charge in [-0.1, -0.05) is 18.2 Å². The Morgan fingerprint density at radius 3 is 2.81 bits per heavy atom. The molecule has 7 heteroatoms. The van der Waals surface area contributed by atoms with Crippen LogP contribution >= 0.6 is 0 Å². The summed E-state index contributed by atoms with van der Waals surface area (Å²) in [6, 6.07) is 12.8. The summed E-state index contributed by atoms with van der Waals surface area (Å²) in [5, 5.41) is 3.44. The Labute approximate surface area is 157 Å². The molecule has 3 aromatic rings. The van der Waals surface area contributed by atoms with Crippen LogP contribution in [0.1, 0.15) is 11.4 Å². The summed E-state index contributed by atoms with van der Waals surface area (Å²) in [4.78, 5) is 32.7. The first kappa shape index (κ1) is 18.6. The SMILES string of the molecule is COc1ccc(C)cc1NC(=O)C[NH+](C)Cc1nc2ccccc2c(=O)[nH]1. The first-order chi connectivity index (χ1) is 13.0. The van der Waals surface area contributed by atoms with Gasteiger partial charge in [0.2, 0.25) is 0 Å². The van der Waals surface area contributed by atoms with E-state index in [0.717, 1.165) is 10.5 Å². The number of nitrogens with zero attached hydrogens (tertiary/aromatic N) is 1. The van der Waals surface area contributed by atoms with Gasteiger partial charge in [-0.2, -0.15) is 0 Å². The largest absolute Gasteiger partial charge is 0.495 e. The van der Waals surface area contributed by atoms with Crippen LogP contribution in [0.25, 0.3) is 10.9 Å². The molecule has 7 nitrogen and oxygen atoms in total. The van der Waals surface area contributed by atoms with E-state index in [1.807, 2.05) is 38.2 Å². The number of carbonyl (C=O) groups excluding carboxylic acids is 1. The molecule has 140 valence electrons. The number of aromatic nitrogens is 2. The van der Waals surface area contributed by atoms with Crippen LogP contribution in [0.15, 0.2) is 47.3 Å². The van der Waals surface area contributed by atoms with Crippen molar-refractivity contribution in [1.29, 1.82) is 0 Å². The van der Waals surface area contributed by atoms with Crippen molar-refractivity contribution in [2.75, 3.05) is 26.0 Å².